The number of hydrogen-bond acceptors (Lipinski definition) is 5. The van der Waals surface area contributed by atoms with Gasteiger partial charge >= 0.3 is 0 Å². The maximum Gasteiger partial charge on any atom is 0.177 e. The fraction of sp³-hybridized carbons (Fsp3) is 0.333. The molecule has 0 radical (unpaired) electrons. The van der Waals surface area contributed by atoms with Gasteiger partial charge in [0.2, 0.25) is 0 Å². The summed E-state index contributed by atoms with van der Waals surface area (Å²) in [5.41, 5.74) is 3.00. The van der Waals surface area contributed by atoms with Gasteiger partial charge in [-0.25, -0.2) is 4.39 Å². The molecule has 1 aliphatic rings. The van der Waals surface area contributed by atoms with Gasteiger partial charge in [-0.3, -0.25) is 9.58 Å². The Balaban J connectivity index is 1.35. The second-order valence-corrected chi connectivity index (χ2v) is 7.60. The van der Waals surface area contributed by atoms with Crippen molar-refractivity contribution in [3.05, 3.63) is 66.0 Å². The highest BCUT2D eigenvalue weighted by Crippen LogP contribution is 2.28. The molecule has 3 aromatic heterocycles. The first-order valence-corrected chi connectivity index (χ1v) is 9.84. The Bertz CT molecular complexity index is 1140. The van der Waals surface area contributed by atoms with Gasteiger partial charge in [-0.15, -0.1) is 10.2 Å². The SMILES string of the molecule is Cn1cc(CN2CCC(c3nnc4ccc(-c5ccccc5F)nn34)CC2)cn1. The summed E-state index contributed by atoms with van der Waals surface area (Å²) in [6.45, 7) is 2.89. The first-order chi connectivity index (χ1) is 14.2. The molecule has 0 atom stereocenters. The molecule has 0 amide bonds. The van der Waals surface area contributed by atoms with E-state index in [1.54, 1.807) is 22.7 Å². The van der Waals surface area contributed by atoms with Crippen molar-refractivity contribution < 1.29 is 4.39 Å². The second-order valence-electron chi connectivity index (χ2n) is 7.60. The Hall–Kier alpha value is -3.13. The molecule has 1 aliphatic heterocycles. The van der Waals surface area contributed by atoms with Crippen molar-refractivity contribution in [2.45, 2.75) is 25.3 Å². The fourth-order valence-corrected chi connectivity index (χ4v) is 4.03. The lowest BCUT2D eigenvalue weighted by Crippen LogP contribution is -2.33. The Morgan fingerprint density at radius 2 is 1.90 bits per heavy atom. The zero-order valence-electron chi connectivity index (χ0n) is 16.2. The largest absolute Gasteiger partial charge is 0.299 e. The summed E-state index contributed by atoms with van der Waals surface area (Å²) in [6, 6.07) is 10.3. The van der Waals surface area contributed by atoms with Crippen LogP contribution in [0.15, 0.2) is 48.8 Å². The molecule has 0 N–H and O–H groups in total. The van der Waals surface area contributed by atoms with Crippen molar-refractivity contribution in [3.8, 4) is 11.3 Å². The Morgan fingerprint density at radius 1 is 1.07 bits per heavy atom. The van der Waals surface area contributed by atoms with Crippen molar-refractivity contribution in [3.63, 3.8) is 0 Å². The number of aromatic nitrogens is 6. The molecule has 4 heterocycles. The van der Waals surface area contributed by atoms with Gasteiger partial charge in [0, 0.05) is 36.8 Å². The number of benzene rings is 1. The van der Waals surface area contributed by atoms with Crippen LogP contribution in [0.2, 0.25) is 0 Å². The van der Waals surface area contributed by atoms with Crippen molar-refractivity contribution in [1.29, 1.82) is 0 Å². The lowest BCUT2D eigenvalue weighted by molar-refractivity contribution is 0.201. The smallest absolute Gasteiger partial charge is 0.177 e. The molecule has 0 unspecified atom stereocenters. The third kappa shape index (κ3) is 3.51. The van der Waals surface area contributed by atoms with Crippen molar-refractivity contribution in [1.82, 2.24) is 34.5 Å². The minimum absolute atomic E-state index is 0.280. The summed E-state index contributed by atoms with van der Waals surface area (Å²) < 4.78 is 17.8. The maximum absolute atomic E-state index is 14.2. The van der Waals surface area contributed by atoms with Crippen LogP contribution in [-0.2, 0) is 13.6 Å². The molecule has 148 valence electrons. The van der Waals surface area contributed by atoms with E-state index in [1.165, 1.54) is 11.6 Å². The number of fused-ring (bicyclic) bond motifs is 1. The van der Waals surface area contributed by atoms with Crippen LogP contribution in [0.1, 0.15) is 30.1 Å². The van der Waals surface area contributed by atoms with Gasteiger partial charge in [0.1, 0.15) is 5.82 Å². The highest BCUT2D eigenvalue weighted by atomic mass is 19.1. The van der Waals surface area contributed by atoms with Crippen LogP contribution < -0.4 is 0 Å². The molecule has 0 saturated carbocycles. The number of rotatable bonds is 4. The van der Waals surface area contributed by atoms with Gasteiger partial charge in [0.25, 0.3) is 0 Å². The topological polar surface area (TPSA) is 64.1 Å². The van der Waals surface area contributed by atoms with Gasteiger partial charge in [-0.1, -0.05) is 12.1 Å². The van der Waals surface area contributed by atoms with Crippen LogP contribution in [0.25, 0.3) is 16.9 Å². The molecule has 29 heavy (non-hydrogen) atoms. The van der Waals surface area contributed by atoms with Crippen molar-refractivity contribution in [2.75, 3.05) is 13.1 Å². The normalized spacial score (nSPS) is 15.9. The molecule has 1 aromatic carbocycles. The van der Waals surface area contributed by atoms with Gasteiger partial charge in [-0.2, -0.15) is 14.7 Å². The molecule has 0 spiro atoms. The third-order valence-corrected chi connectivity index (χ3v) is 5.55. The zero-order chi connectivity index (χ0) is 19.8. The highest BCUT2D eigenvalue weighted by Gasteiger charge is 2.25. The van der Waals surface area contributed by atoms with E-state index in [4.69, 9.17) is 0 Å². The molecule has 8 heteroatoms. The molecule has 4 aromatic rings. The van der Waals surface area contributed by atoms with Gasteiger partial charge in [-0.05, 0) is 50.2 Å². The van der Waals surface area contributed by atoms with Crippen LogP contribution >= 0.6 is 0 Å². The number of aryl methyl sites for hydroxylation is 1. The number of halogens is 1. The van der Waals surface area contributed by atoms with Crippen LogP contribution in [0.4, 0.5) is 4.39 Å². The summed E-state index contributed by atoms with van der Waals surface area (Å²) >= 11 is 0. The van der Waals surface area contributed by atoms with E-state index in [-0.39, 0.29) is 5.82 Å². The van der Waals surface area contributed by atoms with E-state index >= 15 is 0 Å². The van der Waals surface area contributed by atoms with Crippen molar-refractivity contribution >= 4 is 5.65 Å². The Labute approximate surface area is 167 Å². The molecule has 1 saturated heterocycles. The number of nitrogens with zero attached hydrogens (tertiary/aromatic N) is 7. The van der Waals surface area contributed by atoms with E-state index in [2.05, 4.69) is 31.5 Å². The minimum atomic E-state index is -0.280. The van der Waals surface area contributed by atoms with E-state index in [9.17, 15) is 4.39 Å². The fourth-order valence-electron chi connectivity index (χ4n) is 4.03. The summed E-state index contributed by atoms with van der Waals surface area (Å²) in [5.74, 6) is 0.871. The van der Waals surface area contributed by atoms with Crippen LogP contribution in [0, 0.1) is 5.82 Å². The lowest BCUT2D eigenvalue weighted by atomic mass is 9.96. The summed E-state index contributed by atoms with van der Waals surface area (Å²) in [5, 5.41) is 17.6. The zero-order valence-corrected chi connectivity index (χ0v) is 16.2. The Kier molecular flexibility index (Phi) is 4.55. The lowest BCUT2D eigenvalue weighted by Gasteiger charge is -2.30. The Morgan fingerprint density at radius 3 is 2.66 bits per heavy atom. The van der Waals surface area contributed by atoms with Crippen LogP contribution in [0.5, 0.6) is 0 Å². The highest BCUT2D eigenvalue weighted by molar-refractivity contribution is 5.60. The van der Waals surface area contributed by atoms with Gasteiger partial charge < -0.3 is 0 Å². The summed E-state index contributed by atoms with van der Waals surface area (Å²) in [4.78, 5) is 2.44. The van der Waals surface area contributed by atoms with Gasteiger partial charge in [0.05, 0.1) is 11.9 Å². The maximum atomic E-state index is 14.2. The second kappa shape index (κ2) is 7.36. The average molecular weight is 391 g/mol. The van der Waals surface area contributed by atoms with Crippen LogP contribution in [-0.4, -0.2) is 47.6 Å². The first-order valence-electron chi connectivity index (χ1n) is 9.84. The quantitative estimate of drug-likeness (QED) is 0.535. The van der Waals surface area contributed by atoms with E-state index in [0.29, 0.717) is 22.8 Å². The summed E-state index contributed by atoms with van der Waals surface area (Å²) in [6.07, 6.45) is 5.97. The van der Waals surface area contributed by atoms with E-state index in [1.807, 2.05) is 30.1 Å². The van der Waals surface area contributed by atoms with Gasteiger partial charge in [0.15, 0.2) is 11.5 Å². The number of hydrogen-bond donors (Lipinski definition) is 0. The number of likely N-dealkylation sites (tertiary alicyclic amines) is 1. The molecular weight excluding hydrogens is 369 g/mol. The minimum Gasteiger partial charge on any atom is -0.299 e. The van der Waals surface area contributed by atoms with Crippen LogP contribution in [0.3, 0.4) is 0 Å². The molecule has 0 aliphatic carbocycles. The predicted octanol–water partition coefficient (Wildman–Crippen LogP) is 3.04. The average Bonchev–Trinajstić information content (AvgIpc) is 3.34. The monoisotopic (exact) mass is 391 g/mol. The molecule has 0 bridgehead atoms. The van der Waals surface area contributed by atoms with E-state index < -0.39 is 0 Å². The molecular formula is C21H22FN7. The predicted molar refractivity (Wildman–Crippen MR) is 107 cm³/mol. The molecule has 7 nitrogen and oxygen atoms in total. The first kappa shape index (κ1) is 17.9. The summed E-state index contributed by atoms with van der Waals surface area (Å²) in [7, 11) is 1.94. The number of piperidine rings is 1. The third-order valence-electron chi connectivity index (χ3n) is 5.55. The standard InChI is InChI=1S/C21H22FN7/c1-27-13-15(12-23-27)14-28-10-8-16(9-11-28)21-25-24-20-7-6-19(26-29(20)21)17-4-2-3-5-18(17)22/h2-7,12-13,16H,8-11,14H2,1H3. The molecule has 1 fully saturated rings. The van der Waals surface area contributed by atoms with Crippen molar-refractivity contribution in [2.24, 2.45) is 7.05 Å². The van der Waals surface area contributed by atoms with E-state index in [0.717, 1.165) is 38.3 Å². The molecule has 5 rings (SSSR count).